The van der Waals surface area contributed by atoms with Gasteiger partial charge in [0.1, 0.15) is 0 Å². The van der Waals surface area contributed by atoms with Gasteiger partial charge in [-0.2, -0.15) is 0 Å². The maximum absolute atomic E-state index is 11.4. The lowest BCUT2D eigenvalue weighted by atomic mass is 9.99. The summed E-state index contributed by atoms with van der Waals surface area (Å²) in [6.07, 6.45) is 1.72. The van der Waals surface area contributed by atoms with Crippen molar-refractivity contribution < 1.29 is 9.90 Å². The highest BCUT2D eigenvalue weighted by Crippen LogP contribution is 2.31. The molecule has 1 aromatic heterocycles. The molecule has 0 bridgehead atoms. The van der Waals surface area contributed by atoms with E-state index in [1.807, 2.05) is 31.2 Å². The van der Waals surface area contributed by atoms with Crippen LogP contribution < -0.4 is 5.32 Å². The van der Waals surface area contributed by atoms with Crippen molar-refractivity contribution in [1.29, 1.82) is 0 Å². The average Bonchev–Trinajstić information content (AvgIpc) is 2.91. The molecule has 4 nitrogen and oxygen atoms in total. The minimum Gasteiger partial charge on any atom is -0.478 e. The summed E-state index contributed by atoms with van der Waals surface area (Å²) >= 11 is 7.24. The first-order valence-corrected chi connectivity index (χ1v) is 7.85. The Balaban J connectivity index is 2.05. The molecular weight excluding hydrogens is 320 g/mol. The maximum atomic E-state index is 11.4. The molecule has 0 saturated carbocycles. The van der Waals surface area contributed by atoms with Crippen LogP contribution >= 0.6 is 22.9 Å². The molecule has 0 unspecified atom stereocenters. The zero-order valence-electron chi connectivity index (χ0n) is 11.8. The van der Waals surface area contributed by atoms with E-state index in [-0.39, 0.29) is 0 Å². The van der Waals surface area contributed by atoms with Crippen LogP contribution in [0.25, 0.3) is 10.8 Å². The number of fused-ring (bicyclic) bond motifs is 1. The Morgan fingerprint density at radius 1 is 1.41 bits per heavy atom. The van der Waals surface area contributed by atoms with Crippen molar-refractivity contribution >= 4 is 45.4 Å². The van der Waals surface area contributed by atoms with Crippen LogP contribution in [-0.2, 0) is 6.54 Å². The van der Waals surface area contributed by atoms with E-state index < -0.39 is 5.97 Å². The Kier molecular flexibility index (Phi) is 4.00. The van der Waals surface area contributed by atoms with E-state index >= 15 is 0 Å². The van der Waals surface area contributed by atoms with Gasteiger partial charge < -0.3 is 10.4 Å². The first-order valence-electron chi connectivity index (χ1n) is 6.66. The number of carboxylic acid groups (broad SMARTS) is 1. The van der Waals surface area contributed by atoms with Crippen LogP contribution in [0.4, 0.5) is 5.69 Å². The van der Waals surface area contributed by atoms with E-state index in [2.05, 4.69) is 10.3 Å². The molecule has 0 amide bonds. The Labute approximate surface area is 136 Å². The largest absolute Gasteiger partial charge is 0.478 e. The molecule has 0 radical (unpaired) electrons. The number of nitrogens with zero attached hydrogens (tertiary/aromatic N) is 1. The van der Waals surface area contributed by atoms with Crippen molar-refractivity contribution in [3.8, 4) is 0 Å². The van der Waals surface area contributed by atoms with Crippen molar-refractivity contribution in [3.63, 3.8) is 0 Å². The SMILES string of the molecule is Cc1c(C(=O)O)cc2ccccc2c1NCc1cnc(Cl)s1. The van der Waals surface area contributed by atoms with E-state index in [1.165, 1.54) is 11.3 Å². The highest BCUT2D eigenvalue weighted by atomic mass is 35.5. The van der Waals surface area contributed by atoms with Gasteiger partial charge in [-0.25, -0.2) is 9.78 Å². The monoisotopic (exact) mass is 332 g/mol. The minimum absolute atomic E-state index is 0.309. The molecule has 22 heavy (non-hydrogen) atoms. The van der Waals surface area contributed by atoms with E-state index in [9.17, 15) is 9.90 Å². The lowest BCUT2D eigenvalue weighted by molar-refractivity contribution is 0.0696. The van der Waals surface area contributed by atoms with Crippen LogP contribution in [0.15, 0.2) is 36.5 Å². The Hall–Kier alpha value is -2.11. The van der Waals surface area contributed by atoms with Crippen LogP contribution in [0, 0.1) is 6.92 Å². The fraction of sp³-hybridized carbons (Fsp3) is 0.125. The first kappa shape index (κ1) is 14.8. The molecule has 0 atom stereocenters. The molecule has 0 saturated heterocycles. The third-order valence-corrected chi connectivity index (χ3v) is 4.62. The van der Waals surface area contributed by atoms with Gasteiger partial charge in [0.05, 0.1) is 12.1 Å². The summed E-state index contributed by atoms with van der Waals surface area (Å²) in [5.74, 6) is -0.924. The standard InChI is InChI=1S/C16H13ClN2O2S/c1-9-13(15(20)21)6-10-4-2-3-5-12(10)14(9)18-7-11-8-19-16(17)22-11/h2-6,8,18H,7H2,1H3,(H,20,21). The number of carbonyl (C=O) groups is 1. The maximum Gasteiger partial charge on any atom is 0.336 e. The van der Waals surface area contributed by atoms with Crippen molar-refractivity contribution in [2.45, 2.75) is 13.5 Å². The van der Waals surface area contributed by atoms with Crippen molar-refractivity contribution in [2.75, 3.05) is 5.32 Å². The normalized spacial score (nSPS) is 10.8. The fourth-order valence-corrected chi connectivity index (χ4v) is 3.36. The number of aromatic carboxylic acids is 1. The van der Waals surface area contributed by atoms with Gasteiger partial charge in [-0.05, 0) is 23.9 Å². The third kappa shape index (κ3) is 2.77. The molecule has 0 fully saturated rings. The number of anilines is 1. The van der Waals surface area contributed by atoms with Gasteiger partial charge >= 0.3 is 5.97 Å². The summed E-state index contributed by atoms with van der Waals surface area (Å²) in [4.78, 5) is 16.4. The predicted octanol–water partition coefficient (Wildman–Crippen LogP) is 4.57. The summed E-state index contributed by atoms with van der Waals surface area (Å²) in [6, 6.07) is 9.45. The molecule has 0 spiro atoms. The molecule has 3 aromatic rings. The zero-order chi connectivity index (χ0) is 15.7. The smallest absolute Gasteiger partial charge is 0.336 e. The van der Waals surface area contributed by atoms with Crippen molar-refractivity contribution in [3.05, 3.63) is 57.0 Å². The number of benzene rings is 2. The highest BCUT2D eigenvalue weighted by Gasteiger charge is 2.14. The second kappa shape index (κ2) is 5.94. The molecule has 0 aliphatic rings. The second-order valence-electron chi connectivity index (χ2n) is 4.88. The summed E-state index contributed by atoms with van der Waals surface area (Å²) in [5.41, 5.74) is 1.87. The van der Waals surface area contributed by atoms with Gasteiger partial charge in [0, 0.05) is 22.1 Å². The minimum atomic E-state index is -0.924. The van der Waals surface area contributed by atoms with E-state index in [0.29, 0.717) is 16.6 Å². The number of hydrogen-bond donors (Lipinski definition) is 2. The second-order valence-corrected chi connectivity index (χ2v) is 6.58. The van der Waals surface area contributed by atoms with Crippen LogP contribution in [0.5, 0.6) is 0 Å². The van der Waals surface area contributed by atoms with E-state index in [1.54, 1.807) is 12.3 Å². The van der Waals surface area contributed by atoms with Gasteiger partial charge in [0.15, 0.2) is 4.47 Å². The molecule has 112 valence electrons. The van der Waals surface area contributed by atoms with Crippen LogP contribution in [0.1, 0.15) is 20.8 Å². The predicted molar refractivity (Wildman–Crippen MR) is 90.1 cm³/mol. The highest BCUT2D eigenvalue weighted by molar-refractivity contribution is 7.15. The lowest BCUT2D eigenvalue weighted by Gasteiger charge is -2.14. The van der Waals surface area contributed by atoms with E-state index in [0.717, 1.165) is 26.9 Å². The molecule has 1 heterocycles. The number of nitrogens with one attached hydrogen (secondary N) is 1. The zero-order valence-corrected chi connectivity index (χ0v) is 13.3. The number of aromatic nitrogens is 1. The van der Waals surface area contributed by atoms with E-state index in [4.69, 9.17) is 11.6 Å². The molecular formula is C16H13ClN2O2S. The first-order chi connectivity index (χ1) is 10.6. The lowest BCUT2D eigenvalue weighted by Crippen LogP contribution is -2.06. The number of thiazole rings is 1. The van der Waals surface area contributed by atoms with Crippen LogP contribution in [0.3, 0.4) is 0 Å². The van der Waals surface area contributed by atoms with Crippen LogP contribution in [0.2, 0.25) is 4.47 Å². The third-order valence-electron chi connectivity index (χ3n) is 3.50. The average molecular weight is 333 g/mol. The van der Waals surface area contributed by atoms with Crippen molar-refractivity contribution in [2.24, 2.45) is 0 Å². The van der Waals surface area contributed by atoms with Gasteiger partial charge in [-0.15, -0.1) is 11.3 Å². The van der Waals surface area contributed by atoms with Gasteiger partial charge in [0.2, 0.25) is 0 Å². The summed E-state index contributed by atoms with van der Waals surface area (Å²) < 4.78 is 0.498. The fourth-order valence-electron chi connectivity index (χ4n) is 2.44. The molecule has 3 rings (SSSR count). The summed E-state index contributed by atoms with van der Waals surface area (Å²) in [6.45, 7) is 2.37. The number of hydrogen-bond acceptors (Lipinski definition) is 4. The van der Waals surface area contributed by atoms with Crippen LogP contribution in [-0.4, -0.2) is 16.1 Å². The summed E-state index contributed by atoms with van der Waals surface area (Å²) in [5, 5.41) is 14.6. The van der Waals surface area contributed by atoms with Crippen molar-refractivity contribution in [1.82, 2.24) is 4.98 Å². The van der Waals surface area contributed by atoms with Gasteiger partial charge in [-0.1, -0.05) is 35.9 Å². The molecule has 0 aliphatic carbocycles. The summed E-state index contributed by atoms with van der Waals surface area (Å²) in [7, 11) is 0. The van der Waals surface area contributed by atoms with Gasteiger partial charge in [0.25, 0.3) is 0 Å². The Morgan fingerprint density at radius 3 is 2.86 bits per heavy atom. The molecule has 6 heteroatoms. The number of carboxylic acids is 1. The molecule has 0 aliphatic heterocycles. The van der Waals surface area contributed by atoms with Gasteiger partial charge in [-0.3, -0.25) is 0 Å². The number of rotatable bonds is 4. The topological polar surface area (TPSA) is 62.2 Å². The quantitative estimate of drug-likeness (QED) is 0.734. The Morgan fingerprint density at radius 2 is 2.18 bits per heavy atom. The number of halogens is 1. The Bertz CT molecular complexity index is 860. The molecule has 2 aromatic carbocycles. The molecule has 2 N–H and O–H groups in total.